The molecular weight excluding hydrogens is 366 g/mol. The van der Waals surface area contributed by atoms with Crippen LogP contribution in [0.4, 0.5) is 0 Å². The van der Waals surface area contributed by atoms with Crippen LogP contribution in [-0.4, -0.2) is 53.6 Å². The first kappa shape index (κ1) is 21.4. The number of amides is 1. The number of carbonyl (C=O) groups excluding carboxylic acids is 1. The highest BCUT2D eigenvalue weighted by Crippen LogP contribution is 2.23. The van der Waals surface area contributed by atoms with Crippen molar-refractivity contribution in [2.24, 2.45) is 5.41 Å². The van der Waals surface area contributed by atoms with Crippen LogP contribution in [0.25, 0.3) is 0 Å². The molecule has 0 aliphatic carbocycles. The summed E-state index contributed by atoms with van der Waals surface area (Å²) >= 11 is 0. The molecule has 2 aromatic rings. The number of aryl methyl sites for hydroxylation is 1. The molecule has 2 heterocycles. The molecule has 158 valence electrons. The first-order valence-electron chi connectivity index (χ1n) is 10.4. The minimum atomic E-state index is -0.0653. The van der Waals surface area contributed by atoms with Crippen molar-refractivity contribution in [3.05, 3.63) is 47.3 Å². The van der Waals surface area contributed by atoms with E-state index in [0.717, 1.165) is 43.9 Å². The second-order valence-corrected chi connectivity index (χ2v) is 9.28. The summed E-state index contributed by atoms with van der Waals surface area (Å²) in [7, 11) is 1.76. The van der Waals surface area contributed by atoms with Gasteiger partial charge in [-0.1, -0.05) is 32.0 Å². The SMILES string of the molecule is Cc1cc(CN(C)C(=O)c2cccc(OC3CCN(CC(C)(C)C)CC3)c2)on1. The van der Waals surface area contributed by atoms with E-state index >= 15 is 0 Å². The van der Waals surface area contributed by atoms with Crippen LogP contribution < -0.4 is 4.74 Å². The number of likely N-dealkylation sites (tertiary alicyclic amines) is 1. The summed E-state index contributed by atoms with van der Waals surface area (Å²) in [6.07, 6.45) is 2.23. The molecule has 0 atom stereocenters. The first-order valence-corrected chi connectivity index (χ1v) is 10.4. The monoisotopic (exact) mass is 399 g/mol. The Hall–Kier alpha value is -2.34. The molecule has 3 rings (SSSR count). The van der Waals surface area contributed by atoms with Gasteiger partial charge in [0.25, 0.3) is 5.91 Å². The molecule has 1 aliphatic heterocycles. The molecule has 29 heavy (non-hydrogen) atoms. The maximum absolute atomic E-state index is 12.8. The molecule has 1 aliphatic rings. The molecule has 1 saturated heterocycles. The van der Waals surface area contributed by atoms with Crippen molar-refractivity contribution < 1.29 is 14.1 Å². The zero-order valence-corrected chi connectivity index (χ0v) is 18.3. The number of rotatable bonds is 6. The lowest BCUT2D eigenvalue weighted by molar-refractivity contribution is 0.0763. The summed E-state index contributed by atoms with van der Waals surface area (Å²) in [5, 5.41) is 3.87. The Balaban J connectivity index is 1.55. The number of benzene rings is 1. The van der Waals surface area contributed by atoms with E-state index in [1.807, 2.05) is 37.3 Å². The zero-order valence-electron chi connectivity index (χ0n) is 18.3. The van der Waals surface area contributed by atoms with E-state index in [4.69, 9.17) is 9.26 Å². The fourth-order valence-electron chi connectivity index (χ4n) is 3.77. The summed E-state index contributed by atoms with van der Waals surface area (Å²) in [5.74, 6) is 1.37. The average molecular weight is 400 g/mol. The number of aromatic nitrogens is 1. The number of ether oxygens (including phenoxy) is 1. The Morgan fingerprint density at radius 1 is 1.28 bits per heavy atom. The quantitative estimate of drug-likeness (QED) is 0.730. The van der Waals surface area contributed by atoms with Crippen molar-refractivity contribution >= 4 is 5.91 Å². The van der Waals surface area contributed by atoms with Gasteiger partial charge in [-0.3, -0.25) is 4.79 Å². The van der Waals surface area contributed by atoms with Gasteiger partial charge in [0.1, 0.15) is 11.9 Å². The number of hydrogen-bond acceptors (Lipinski definition) is 5. The van der Waals surface area contributed by atoms with Crippen LogP contribution in [0.15, 0.2) is 34.9 Å². The molecule has 0 spiro atoms. The highest BCUT2D eigenvalue weighted by molar-refractivity contribution is 5.94. The Morgan fingerprint density at radius 2 is 2.00 bits per heavy atom. The summed E-state index contributed by atoms with van der Waals surface area (Å²) in [6, 6.07) is 9.31. The fraction of sp³-hybridized carbons (Fsp3) is 0.565. The summed E-state index contributed by atoms with van der Waals surface area (Å²) < 4.78 is 11.4. The third-order valence-electron chi connectivity index (χ3n) is 5.03. The van der Waals surface area contributed by atoms with Gasteiger partial charge in [0.2, 0.25) is 0 Å². The van der Waals surface area contributed by atoms with Crippen LogP contribution in [-0.2, 0) is 6.54 Å². The molecule has 6 nitrogen and oxygen atoms in total. The van der Waals surface area contributed by atoms with E-state index in [-0.39, 0.29) is 12.0 Å². The molecule has 1 amide bonds. The topological polar surface area (TPSA) is 58.8 Å². The summed E-state index contributed by atoms with van der Waals surface area (Å²) in [5.41, 5.74) is 1.75. The molecule has 0 radical (unpaired) electrons. The van der Waals surface area contributed by atoms with Crippen molar-refractivity contribution in [3.63, 3.8) is 0 Å². The van der Waals surface area contributed by atoms with E-state index in [2.05, 4.69) is 30.8 Å². The third kappa shape index (κ3) is 6.32. The predicted octanol–water partition coefficient (Wildman–Crippen LogP) is 4.14. The summed E-state index contributed by atoms with van der Waals surface area (Å²) in [6.45, 7) is 12.3. The Kier molecular flexibility index (Phi) is 6.63. The molecule has 6 heteroatoms. The van der Waals surface area contributed by atoms with Gasteiger partial charge in [-0.15, -0.1) is 0 Å². The first-order chi connectivity index (χ1) is 13.7. The maximum atomic E-state index is 12.8. The highest BCUT2D eigenvalue weighted by atomic mass is 16.5. The third-order valence-corrected chi connectivity index (χ3v) is 5.03. The maximum Gasteiger partial charge on any atom is 0.254 e. The van der Waals surface area contributed by atoms with Crippen LogP contribution >= 0.6 is 0 Å². The molecule has 0 N–H and O–H groups in total. The van der Waals surface area contributed by atoms with Crippen LogP contribution in [0.5, 0.6) is 5.75 Å². The smallest absolute Gasteiger partial charge is 0.254 e. The van der Waals surface area contributed by atoms with Gasteiger partial charge in [0, 0.05) is 38.3 Å². The number of hydrogen-bond donors (Lipinski definition) is 0. The number of carbonyl (C=O) groups is 1. The Bertz CT molecular complexity index is 817. The lowest BCUT2D eigenvalue weighted by atomic mass is 9.94. The van der Waals surface area contributed by atoms with E-state index in [1.54, 1.807) is 11.9 Å². The number of piperidine rings is 1. The Labute approximate surface area is 173 Å². The lowest BCUT2D eigenvalue weighted by Crippen LogP contribution is -2.42. The Morgan fingerprint density at radius 3 is 2.62 bits per heavy atom. The molecule has 0 bridgehead atoms. The van der Waals surface area contributed by atoms with Gasteiger partial charge in [-0.05, 0) is 43.4 Å². The van der Waals surface area contributed by atoms with Crippen molar-refractivity contribution in [2.75, 3.05) is 26.7 Å². The molecule has 1 fully saturated rings. The minimum Gasteiger partial charge on any atom is -0.490 e. The van der Waals surface area contributed by atoms with Gasteiger partial charge in [0.05, 0.1) is 12.2 Å². The predicted molar refractivity (Wildman–Crippen MR) is 113 cm³/mol. The molecule has 0 unspecified atom stereocenters. The number of nitrogens with zero attached hydrogens (tertiary/aromatic N) is 3. The van der Waals surface area contributed by atoms with Gasteiger partial charge in [0.15, 0.2) is 5.76 Å². The van der Waals surface area contributed by atoms with E-state index in [9.17, 15) is 4.79 Å². The molecular formula is C23H33N3O3. The second-order valence-electron chi connectivity index (χ2n) is 9.28. The standard InChI is InChI=1S/C23H33N3O3/c1-17-13-21(29-24-17)15-25(5)22(27)18-7-6-8-20(14-18)28-19-9-11-26(12-10-19)16-23(2,3)4/h6-8,13-14,19H,9-12,15-16H2,1-5H3. The molecule has 0 saturated carbocycles. The van der Waals surface area contributed by atoms with Gasteiger partial charge < -0.3 is 19.1 Å². The normalized spacial score (nSPS) is 16.0. The van der Waals surface area contributed by atoms with Crippen molar-refractivity contribution in [2.45, 2.75) is 53.2 Å². The molecule has 1 aromatic carbocycles. The van der Waals surface area contributed by atoms with Crippen LogP contribution in [0.1, 0.15) is 55.4 Å². The molecule has 1 aromatic heterocycles. The zero-order chi connectivity index (χ0) is 21.0. The lowest BCUT2D eigenvalue weighted by Gasteiger charge is -2.36. The van der Waals surface area contributed by atoms with Crippen LogP contribution in [0.3, 0.4) is 0 Å². The van der Waals surface area contributed by atoms with E-state index < -0.39 is 0 Å². The van der Waals surface area contributed by atoms with Gasteiger partial charge in [-0.25, -0.2) is 0 Å². The van der Waals surface area contributed by atoms with Crippen molar-refractivity contribution in [3.8, 4) is 5.75 Å². The average Bonchev–Trinajstić information content (AvgIpc) is 3.06. The van der Waals surface area contributed by atoms with Gasteiger partial charge >= 0.3 is 0 Å². The van der Waals surface area contributed by atoms with Crippen molar-refractivity contribution in [1.82, 2.24) is 15.0 Å². The largest absolute Gasteiger partial charge is 0.490 e. The minimum absolute atomic E-state index is 0.0653. The van der Waals surface area contributed by atoms with Crippen LogP contribution in [0, 0.1) is 12.3 Å². The summed E-state index contributed by atoms with van der Waals surface area (Å²) in [4.78, 5) is 16.9. The van der Waals surface area contributed by atoms with Crippen molar-refractivity contribution in [1.29, 1.82) is 0 Å². The van der Waals surface area contributed by atoms with Gasteiger partial charge in [-0.2, -0.15) is 0 Å². The van der Waals surface area contributed by atoms with E-state index in [1.165, 1.54) is 0 Å². The van der Waals surface area contributed by atoms with Crippen LogP contribution in [0.2, 0.25) is 0 Å². The second kappa shape index (κ2) is 8.99. The highest BCUT2D eigenvalue weighted by Gasteiger charge is 2.24. The van der Waals surface area contributed by atoms with E-state index in [0.29, 0.717) is 23.3 Å². The fourth-order valence-corrected chi connectivity index (χ4v) is 3.77.